The van der Waals surface area contributed by atoms with Crippen LogP contribution >= 0.6 is 0 Å². The summed E-state index contributed by atoms with van der Waals surface area (Å²) in [4.78, 5) is 0. The summed E-state index contributed by atoms with van der Waals surface area (Å²) in [7, 11) is 0. The smallest absolute Gasteiger partial charge is 0.0334 e. The number of fused-ring (bicyclic) bond motifs is 1. The molecule has 3 aliphatic rings. The average Bonchev–Trinajstić information content (AvgIpc) is 2.14. The van der Waals surface area contributed by atoms with E-state index >= 15 is 0 Å². The molecule has 0 radical (unpaired) electrons. The van der Waals surface area contributed by atoms with E-state index in [0.717, 1.165) is 29.6 Å². The zero-order chi connectivity index (χ0) is 7.30. The quantitative estimate of drug-likeness (QED) is 0.522. The highest BCUT2D eigenvalue weighted by molar-refractivity contribution is 4.99. The molecule has 3 saturated carbocycles. The van der Waals surface area contributed by atoms with Crippen molar-refractivity contribution in [2.75, 3.05) is 0 Å². The van der Waals surface area contributed by atoms with E-state index in [4.69, 9.17) is 0 Å². The molecular formula is C10H18. The highest BCUT2D eigenvalue weighted by Gasteiger charge is 2.50. The minimum Gasteiger partial charge on any atom is -0.0625 e. The molecular weight excluding hydrogens is 120 g/mol. The average molecular weight is 138 g/mol. The second-order valence-electron chi connectivity index (χ2n) is 4.67. The van der Waals surface area contributed by atoms with Crippen LogP contribution in [0.4, 0.5) is 0 Å². The monoisotopic (exact) mass is 138 g/mol. The molecule has 2 atom stereocenters. The van der Waals surface area contributed by atoms with E-state index in [9.17, 15) is 0 Å². The standard InChI is InChI=1S/C10H18/c1-6(2)10-7(3)8-4-9(10)5-8/h6-10H,4-5H2,1-3H3. The van der Waals surface area contributed by atoms with Gasteiger partial charge in [0.1, 0.15) is 0 Å². The Morgan fingerprint density at radius 3 is 1.90 bits per heavy atom. The first kappa shape index (κ1) is 6.69. The summed E-state index contributed by atoms with van der Waals surface area (Å²) in [6.45, 7) is 7.24. The molecule has 3 aliphatic carbocycles. The van der Waals surface area contributed by atoms with Crippen LogP contribution in [0.25, 0.3) is 0 Å². The number of hydrogen-bond donors (Lipinski definition) is 0. The van der Waals surface area contributed by atoms with Gasteiger partial charge in [0.25, 0.3) is 0 Å². The van der Waals surface area contributed by atoms with Crippen molar-refractivity contribution in [3.63, 3.8) is 0 Å². The van der Waals surface area contributed by atoms with Crippen LogP contribution in [0.1, 0.15) is 33.6 Å². The molecule has 0 nitrogen and oxygen atoms in total. The van der Waals surface area contributed by atoms with E-state index in [-0.39, 0.29) is 0 Å². The summed E-state index contributed by atoms with van der Waals surface area (Å²) in [5.41, 5.74) is 0. The Hall–Kier alpha value is 0. The molecule has 58 valence electrons. The van der Waals surface area contributed by atoms with Gasteiger partial charge in [-0.05, 0) is 42.4 Å². The zero-order valence-electron chi connectivity index (χ0n) is 7.30. The molecule has 0 spiro atoms. The van der Waals surface area contributed by atoms with Crippen LogP contribution in [0.15, 0.2) is 0 Å². The van der Waals surface area contributed by atoms with Crippen LogP contribution in [-0.2, 0) is 0 Å². The molecule has 2 bridgehead atoms. The van der Waals surface area contributed by atoms with Crippen molar-refractivity contribution < 1.29 is 0 Å². The SMILES string of the molecule is CC(C)C1C2CC(C2)C1C. The van der Waals surface area contributed by atoms with E-state index < -0.39 is 0 Å². The van der Waals surface area contributed by atoms with Crippen molar-refractivity contribution >= 4 is 0 Å². The summed E-state index contributed by atoms with van der Waals surface area (Å²) in [5.74, 6) is 5.31. The van der Waals surface area contributed by atoms with Gasteiger partial charge >= 0.3 is 0 Å². The second kappa shape index (κ2) is 1.99. The Bertz CT molecular complexity index is 131. The van der Waals surface area contributed by atoms with Gasteiger partial charge in [-0.1, -0.05) is 20.8 Å². The first-order chi connectivity index (χ1) is 4.70. The summed E-state index contributed by atoms with van der Waals surface area (Å²) in [6.07, 6.45) is 3.12. The second-order valence-corrected chi connectivity index (χ2v) is 4.67. The van der Waals surface area contributed by atoms with Crippen LogP contribution in [0.2, 0.25) is 0 Å². The van der Waals surface area contributed by atoms with Gasteiger partial charge in [-0.3, -0.25) is 0 Å². The van der Waals surface area contributed by atoms with Crippen molar-refractivity contribution in [1.82, 2.24) is 0 Å². The van der Waals surface area contributed by atoms with Gasteiger partial charge in [0.2, 0.25) is 0 Å². The fourth-order valence-corrected chi connectivity index (χ4v) is 3.35. The molecule has 0 saturated heterocycles. The van der Waals surface area contributed by atoms with Gasteiger partial charge in [0, 0.05) is 0 Å². The van der Waals surface area contributed by atoms with Crippen LogP contribution in [0.3, 0.4) is 0 Å². The van der Waals surface area contributed by atoms with Gasteiger partial charge in [0.05, 0.1) is 0 Å². The Morgan fingerprint density at radius 1 is 1.10 bits per heavy atom. The highest BCUT2D eigenvalue weighted by atomic mass is 14.5. The fraction of sp³-hybridized carbons (Fsp3) is 1.00. The summed E-state index contributed by atoms with van der Waals surface area (Å²) in [6, 6.07) is 0. The zero-order valence-corrected chi connectivity index (χ0v) is 7.30. The van der Waals surface area contributed by atoms with Crippen LogP contribution in [0.5, 0.6) is 0 Å². The Morgan fingerprint density at radius 2 is 1.70 bits per heavy atom. The maximum absolute atomic E-state index is 2.46. The first-order valence-corrected chi connectivity index (χ1v) is 4.70. The van der Waals surface area contributed by atoms with Crippen molar-refractivity contribution in [2.45, 2.75) is 33.6 Å². The molecule has 0 aliphatic heterocycles. The van der Waals surface area contributed by atoms with E-state index in [1.54, 1.807) is 12.8 Å². The van der Waals surface area contributed by atoms with Crippen LogP contribution in [0, 0.1) is 29.6 Å². The predicted molar refractivity (Wildman–Crippen MR) is 43.7 cm³/mol. The molecule has 2 unspecified atom stereocenters. The third-order valence-electron chi connectivity index (χ3n) is 3.88. The van der Waals surface area contributed by atoms with Gasteiger partial charge in [-0.15, -0.1) is 0 Å². The van der Waals surface area contributed by atoms with Crippen molar-refractivity contribution in [1.29, 1.82) is 0 Å². The normalized spacial score (nSPS) is 51.6. The third kappa shape index (κ3) is 0.681. The minimum atomic E-state index is 0.937. The Kier molecular flexibility index (Phi) is 1.33. The molecule has 0 heteroatoms. The molecule has 0 aromatic heterocycles. The minimum absolute atomic E-state index is 0.937. The molecule has 3 rings (SSSR count). The third-order valence-corrected chi connectivity index (χ3v) is 3.88. The number of hydrogen-bond acceptors (Lipinski definition) is 0. The van der Waals surface area contributed by atoms with E-state index in [1.807, 2.05) is 0 Å². The van der Waals surface area contributed by atoms with Gasteiger partial charge in [-0.25, -0.2) is 0 Å². The van der Waals surface area contributed by atoms with E-state index in [2.05, 4.69) is 20.8 Å². The molecule has 0 heterocycles. The number of rotatable bonds is 1. The van der Waals surface area contributed by atoms with Crippen molar-refractivity contribution in [3.8, 4) is 0 Å². The highest BCUT2D eigenvalue weighted by Crippen LogP contribution is 2.58. The lowest BCUT2D eigenvalue weighted by Crippen LogP contribution is -2.17. The van der Waals surface area contributed by atoms with Gasteiger partial charge in [-0.2, -0.15) is 0 Å². The lowest BCUT2D eigenvalue weighted by Gasteiger charge is -2.25. The first-order valence-electron chi connectivity index (χ1n) is 4.70. The van der Waals surface area contributed by atoms with Crippen molar-refractivity contribution in [3.05, 3.63) is 0 Å². The summed E-state index contributed by atoms with van der Waals surface area (Å²) >= 11 is 0. The largest absolute Gasteiger partial charge is 0.0625 e. The van der Waals surface area contributed by atoms with Crippen LogP contribution in [-0.4, -0.2) is 0 Å². The maximum atomic E-state index is 2.46. The maximum Gasteiger partial charge on any atom is -0.0334 e. The molecule has 10 heavy (non-hydrogen) atoms. The molecule has 0 aromatic rings. The van der Waals surface area contributed by atoms with Crippen LogP contribution < -0.4 is 0 Å². The Balaban J connectivity index is 2.09. The molecule has 0 amide bonds. The van der Waals surface area contributed by atoms with E-state index in [0.29, 0.717) is 0 Å². The molecule has 0 N–H and O–H groups in total. The Labute approximate surface area is 64.0 Å². The van der Waals surface area contributed by atoms with Gasteiger partial charge < -0.3 is 0 Å². The van der Waals surface area contributed by atoms with E-state index in [1.165, 1.54) is 0 Å². The lowest BCUT2D eigenvalue weighted by molar-refractivity contribution is 0.244. The van der Waals surface area contributed by atoms with Crippen molar-refractivity contribution in [2.24, 2.45) is 29.6 Å². The van der Waals surface area contributed by atoms with Gasteiger partial charge in [0.15, 0.2) is 0 Å². The lowest BCUT2D eigenvalue weighted by atomic mass is 9.80. The predicted octanol–water partition coefficient (Wildman–Crippen LogP) is 2.93. The topological polar surface area (TPSA) is 0 Å². The molecule has 3 fully saturated rings. The fourth-order valence-electron chi connectivity index (χ4n) is 3.35. The summed E-state index contributed by atoms with van der Waals surface area (Å²) in [5, 5.41) is 0. The summed E-state index contributed by atoms with van der Waals surface area (Å²) < 4.78 is 0. The molecule has 0 aromatic carbocycles.